The summed E-state index contributed by atoms with van der Waals surface area (Å²) in [6.07, 6.45) is 2.13. The molecule has 2 rings (SSSR count). The van der Waals surface area contributed by atoms with Crippen molar-refractivity contribution in [2.75, 3.05) is 19.6 Å². The predicted molar refractivity (Wildman–Crippen MR) is 84.0 cm³/mol. The summed E-state index contributed by atoms with van der Waals surface area (Å²) in [6, 6.07) is 10.3. The Bertz CT molecular complexity index is 430. The molecule has 1 aromatic rings. The lowest BCUT2D eigenvalue weighted by Gasteiger charge is -2.24. The molecular weight excluding hydrogens is 264 g/mol. The number of carbonyl (C=O) groups excluding carboxylic acids is 1. The van der Waals surface area contributed by atoms with E-state index in [2.05, 4.69) is 17.1 Å². The first-order valence-electron chi connectivity index (χ1n) is 7.84. The minimum Gasteiger partial charge on any atom is -0.364 e. The molecule has 1 aliphatic rings. The number of hydrogen-bond donors (Lipinski definition) is 1. The first kappa shape index (κ1) is 16.0. The van der Waals surface area contributed by atoms with Crippen molar-refractivity contribution in [3.05, 3.63) is 35.9 Å². The van der Waals surface area contributed by atoms with Crippen LogP contribution in [0.2, 0.25) is 0 Å². The molecule has 0 saturated carbocycles. The molecule has 0 bridgehead atoms. The van der Waals surface area contributed by atoms with E-state index in [0.29, 0.717) is 19.2 Å². The van der Waals surface area contributed by atoms with Crippen molar-refractivity contribution in [3.8, 4) is 0 Å². The molecule has 0 aliphatic carbocycles. The number of likely N-dealkylation sites (tertiary alicyclic amines) is 1. The fourth-order valence-corrected chi connectivity index (χ4v) is 2.57. The van der Waals surface area contributed by atoms with Gasteiger partial charge in [-0.2, -0.15) is 0 Å². The maximum absolute atomic E-state index is 12.0. The van der Waals surface area contributed by atoms with Gasteiger partial charge in [0.2, 0.25) is 5.91 Å². The van der Waals surface area contributed by atoms with Crippen LogP contribution in [0.1, 0.15) is 32.3 Å². The lowest BCUT2D eigenvalue weighted by molar-refractivity contribution is -0.132. The highest BCUT2D eigenvalue weighted by molar-refractivity contribution is 5.80. The molecule has 0 spiro atoms. The zero-order chi connectivity index (χ0) is 15.1. The number of amides is 1. The second-order valence-corrected chi connectivity index (χ2v) is 5.78. The van der Waals surface area contributed by atoms with Gasteiger partial charge in [0.05, 0.1) is 6.61 Å². The van der Waals surface area contributed by atoms with Gasteiger partial charge >= 0.3 is 0 Å². The number of rotatable bonds is 7. The normalized spacial score (nSPS) is 18.4. The Morgan fingerprint density at radius 3 is 2.57 bits per heavy atom. The van der Waals surface area contributed by atoms with Crippen LogP contribution >= 0.6 is 0 Å². The largest absolute Gasteiger partial charge is 0.364 e. The van der Waals surface area contributed by atoms with Gasteiger partial charge in [-0.1, -0.05) is 30.3 Å². The third kappa shape index (κ3) is 5.14. The van der Waals surface area contributed by atoms with Gasteiger partial charge in [0.15, 0.2) is 0 Å². The summed E-state index contributed by atoms with van der Waals surface area (Å²) in [5.74, 6) is -0.0306. The van der Waals surface area contributed by atoms with Crippen molar-refractivity contribution in [1.82, 2.24) is 10.2 Å². The van der Waals surface area contributed by atoms with Crippen LogP contribution in [0.25, 0.3) is 0 Å². The Hall–Kier alpha value is -1.39. The van der Waals surface area contributed by atoms with E-state index in [0.717, 1.165) is 18.7 Å². The fraction of sp³-hybridized carbons (Fsp3) is 0.588. The average Bonchev–Trinajstić information content (AvgIpc) is 3.05. The van der Waals surface area contributed by atoms with Gasteiger partial charge in [0.25, 0.3) is 0 Å². The third-order valence-corrected chi connectivity index (χ3v) is 4.05. The molecule has 1 saturated heterocycles. The van der Waals surface area contributed by atoms with E-state index in [-0.39, 0.29) is 5.91 Å². The number of ether oxygens (including phenoxy) is 1. The highest BCUT2D eigenvalue weighted by Gasteiger charge is 2.20. The molecule has 0 aromatic heterocycles. The molecule has 0 radical (unpaired) electrons. The summed E-state index contributed by atoms with van der Waals surface area (Å²) < 4.78 is 5.62. The molecule has 1 fully saturated rings. The first-order chi connectivity index (χ1) is 10.2. The maximum atomic E-state index is 12.0. The maximum Gasteiger partial charge on any atom is 0.248 e. The fourth-order valence-electron chi connectivity index (χ4n) is 2.57. The summed E-state index contributed by atoms with van der Waals surface area (Å²) in [6.45, 7) is 7.43. The van der Waals surface area contributed by atoms with E-state index >= 15 is 0 Å². The van der Waals surface area contributed by atoms with Crippen LogP contribution in [-0.2, 0) is 16.1 Å². The van der Waals surface area contributed by atoms with Crippen molar-refractivity contribution in [3.63, 3.8) is 0 Å². The van der Waals surface area contributed by atoms with Crippen LogP contribution in [-0.4, -0.2) is 42.6 Å². The SMILES string of the molecule is C[C@H](CNC(=O)[C@@H](C)OCc1ccccc1)N1CCCC1. The molecule has 4 nitrogen and oxygen atoms in total. The lowest BCUT2D eigenvalue weighted by Crippen LogP contribution is -2.43. The Morgan fingerprint density at radius 2 is 1.90 bits per heavy atom. The van der Waals surface area contributed by atoms with Gasteiger partial charge < -0.3 is 10.1 Å². The van der Waals surface area contributed by atoms with Crippen molar-refractivity contribution in [1.29, 1.82) is 0 Å². The van der Waals surface area contributed by atoms with Crippen LogP contribution < -0.4 is 5.32 Å². The van der Waals surface area contributed by atoms with Crippen LogP contribution in [0.4, 0.5) is 0 Å². The van der Waals surface area contributed by atoms with Crippen molar-refractivity contribution < 1.29 is 9.53 Å². The number of nitrogens with one attached hydrogen (secondary N) is 1. The zero-order valence-electron chi connectivity index (χ0n) is 13.0. The van der Waals surface area contributed by atoms with E-state index in [1.165, 1.54) is 12.8 Å². The van der Waals surface area contributed by atoms with Gasteiger partial charge in [-0.25, -0.2) is 0 Å². The van der Waals surface area contributed by atoms with Gasteiger partial charge in [-0.05, 0) is 45.3 Å². The third-order valence-electron chi connectivity index (χ3n) is 4.05. The van der Waals surface area contributed by atoms with Crippen LogP contribution in [0.3, 0.4) is 0 Å². The van der Waals surface area contributed by atoms with Crippen LogP contribution in [0, 0.1) is 0 Å². The average molecular weight is 290 g/mol. The topological polar surface area (TPSA) is 41.6 Å². The van der Waals surface area contributed by atoms with Crippen molar-refractivity contribution >= 4 is 5.91 Å². The summed E-state index contributed by atoms with van der Waals surface area (Å²) in [5.41, 5.74) is 1.09. The Labute approximate surface area is 127 Å². The second kappa shape index (κ2) is 8.15. The summed E-state index contributed by atoms with van der Waals surface area (Å²) in [4.78, 5) is 14.5. The van der Waals surface area contributed by atoms with Crippen molar-refractivity contribution in [2.45, 2.75) is 45.4 Å². The van der Waals surface area contributed by atoms with E-state index in [1.807, 2.05) is 30.3 Å². The van der Waals surface area contributed by atoms with Gasteiger partial charge in [0, 0.05) is 12.6 Å². The monoisotopic (exact) mass is 290 g/mol. The van der Waals surface area contributed by atoms with E-state index < -0.39 is 6.10 Å². The quantitative estimate of drug-likeness (QED) is 0.837. The molecule has 21 heavy (non-hydrogen) atoms. The number of hydrogen-bond acceptors (Lipinski definition) is 3. The summed E-state index contributed by atoms with van der Waals surface area (Å²) in [7, 11) is 0. The number of nitrogens with zero attached hydrogens (tertiary/aromatic N) is 1. The lowest BCUT2D eigenvalue weighted by atomic mass is 10.2. The second-order valence-electron chi connectivity index (χ2n) is 5.78. The number of carbonyl (C=O) groups is 1. The molecule has 1 aliphatic heterocycles. The van der Waals surface area contributed by atoms with Crippen molar-refractivity contribution in [2.24, 2.45) is 0 Å². The number of benzene rings is 1. The molecule has 1 N–H and O–H groups in total. The molecule has 116 valence electrons. The minimum absolute atomic E-state index is 0.0306. The Kier molecular flexibility index (Phi) is 6.21. The smallest absolute Gasteiger partial charge is 0.248 e. The Balaban J connectivity index is 1.67. The van der Waals surface area contributed by atoms with Gasteiger partial charge in [0.1, 0.15) is 6.10 Å². The zero-order valence-corrected chi connectivity index (χ0v) is 13.0. The molecule has 2 atom stereocenters. The summed E-state index contributed by atoms with van der Waals surface area (Å²) >= 11 is 0. The highest BCUT2D eigenvalue weighted by atomic mass is 16.5. The molecule has 4 heteroatoms. The van der Waals surface area contributed by atoms with Crippen LogP contribution in [0.5, 0.6) is 0 Å². The van der Waals surface area contributed by atoms with E-state index in [9.17, 15) is 4.79 Å². The Morgan fingerprint density at radius 1 is 1.24 bits per heavy atom. The highest BCUT2D eigenvalue weighted by Crippen LogP contribution is 2.11. The van der Waals surface area contributed by atoms with Gasteiger partial charge in [-0.15, -0.1) is 0 Å². The summed E-state index contributed by atoms with van der Waals surface area (Å²) in [5, 5.41) is 2.99. The standard InChI is InChI=1S/C17H26N2O2/c1-14(19-10-6-7-11-19)12-18-17(20)15(2)21-13-16-8-4-3-5-9-16/h3-5,8-9,14-15H,6-7,10-13H2,1-2H3,(H,18,20)/t14-,15-/m1/s1. The van der Waals surface area contributed by atoms with E-state index in [4.69, 9.17) is 4.74 Å². The molecule has 1 heterocycles. The molecular formula is C17H26N2O2. The molecule has 1 aromatic carbocycles. The van der Waals surface area contributed by atoms with Gasteiger partial charge in [-0.3, -0.25) is 9.69 Å². The minimum atomic E-state index is -0.420. The van der Waals surface area contributed by atoms with Crippen LogP contribution in [0.15, 0.2) is 30.3 Å². The first-order valence-corrected chi connectivity index (χ1v) is 7.84. The predicted octanol–water partition coefficient (Wildman–Crippen LogP) is 2.19. The molecule has 1 amide bonds. The van der Waals surface area contributed by atoms with E-state index in [1.54, 1.807) is 6.92 Å². The molecule has 0 unspecified atom stereocenters.